The van der Waals surface area contributed by atoms with E-state index in [-0.39, 0.29) is 25.1 Å². The second-order valence-electron chi connectivity index (χ2n) is 5.35. The maximum atomic E-state index is 12.4. The minimum Gasteiger partial charge on any atom is -0.480 e. The van der Waals surface area contributed by atoms with Crippen molar-refractivity contribution in [2.45, 2.75) is 44.4 Å². The number of hydrogen-bond acceptors (Lipinski definition) is 4. The Morgan fingerprint density at radius 3 is 2.75 bits per heavy atom. The fourth-order valence-corrected chi connectivity index (χ4v) is 2.82. The first-order chi connectivity index (χ1) is 9.52. The number of rotatable bonds is 4. The molecule has 2 rings (SSSR count). The Bertz CT molecular complexity index is 370. The monoisotopic (exact) mass is 286 g/mol. The second-order valence-corrected chi connectivity index (χ2v) is 5.35. The van der Waals surface area contributed by atoms with E-state index in [4.69, 9.17) is 9.84 Å². The Balaban J connectivity index is 2.01. The lowest BCUT2D eigenvalue weighted by molar-refractivity contribution is -0.141. The minimum atomic E-state index is -1.07. The van der Waals surface area contributed by atoms with Gasteiger partial charge < -0.3 is 24.7 Å². The molecule has 0 saturated carbocycles. The van der Waals surface area contributed by atoms with E-state index < -0.39 is 18.1 Å². The molecule has 0 aromatic carbocycles. The summed E-state index contributed by atoms with van der Waals surface area (Å²) in [5.74, 6) is -1.07. The standard InChI is InChI=1S/C13H22N2O5/c1-2-14(8-10-4-3-5-20-10)13(19)15-7-9(16)6-11(15)12(17)18/h9-11,16H,2-8H2,1H3,(H,17,18)/t9-,10?,11+/m1/s1. The summed E-state index contributed by atoms with van der Waals surface area (Å²) in [6.07, 6.45) is 1.29. The van der Waals surface area contributed by atoms with Crippen molar-refractivity contribution in [3.8, 4) is 0 Å². The van der Waals surface area contributed by atoms with Crippen LogP contribution in [0.5, 0.6) is 0 Å². The van der Waals surface area contributed by atoms with Crippen LogP contribution in [0.25, 0.3) is 0 Å². The van der Waals surface area contributed by atoms with Crippen LogP contribution in [0.1, 0.15) is 26.2 Å². The summed E-state index contributed by atoms with van der Waals surface area (Å²) < 4.78 is 5.52. The van der Waals surface area contributed by atoms with Crippen molar-refractivity contribution in [1.29, 1.82) is 0 Å². The zero-order valence-corrected chi connectivity index (χ0v) is 11.7. The van der Waals surface area contributed by atoms with E-state index in [1.165, 1.54) is 4.90 Å². The predicted octanol–water partition coefficient (Wildman–Crippen LogP) is 0.127. The fraction of sp³-hybridized carbons (Fsp3) is 0.846. The van der Waals surface area contributed by atoms with Gasteiger partial charge >= 0.3 is 12.0 Å². The zero-order valence-electron chi connectivity index (χ0n) is 11.7. The summed E-state index contributed by atoms with van der Waals surface area (Å²) >= 11 is 0. The molecule has 2 heterocycles. The number of aliphatic hydroxyl groups is 1. The van der Waals surface area contributed by atoms with Crippen molar-refractivity contribution in [3.05, 3.63) is 0 Å². The normalized spacial score (nSPS) is 29.7. The number of β-amino-alcohol motifs (C(OH)–C–C–N with tert-alkyl or cyclic N) is 1. The molecular weight excluding hydrogens is 264 g/mol. The third-order valence-electron chi connectivity index (χ3n) is 3.91. The smallest absolute Gasteiger partial charge is 0.326 e. The van der Waals surface area contributed by atoms with E-state index >= 15 is 0 Å². The molecule has 0 aliphatic carbocycles. The molecular formula is C13H22N2O5. The van der Waals surface area contributed by atoms with Gasteiger partial charge in [-0.25, -0.2) is 9.59 Å². The van der Waals surface area contributed by atoms with Crippen LogP contribution < -0.4 is 0 Å². The summed E-state index contributed by atoms with van der Waals surface area (Å²) in [7, 11) is 0. The van der Waals surface area contributed by atoms with Gasteiger partial charge in [-0.05, 0) is 19.8 Å². The fourth-order valence-electron chi connectivity index (χ4n) is 2.82. The van der Waals surface area contributed by atoms with Gasteiger partial charge in [0.05, 0.1) is 12.2 Å². The topological polar surface area (TPSA) is 90.3 Å². The molecule has 1 unspecified atom stereocenters. The molecule has 0 spiro atoms. The largest absolute Gasteiger partial charge is 0.480 e. The van der Waals surface area contributed by atoms with Gasteiger partial charge in [-0.3, -0.25) is 0 Å². The Morgan fingerprint density at radius 2 is 2.20 bits per heavy atom. The van der Waals surface area contributed by atoms with Crippen molar-refractivity contribution >= 4 is 12.0 Å². The molecule has 114 valence electrons. The Hall–Kier alpha value is -1.34. The van der Waals surface area contributed by atoms with E-state index in [1.807, 2.05) is 6.92 Å². The van der Waals surface area contributed by atoms with Gasteiger partial charge in [0.1, 0.15) is 6.04 Å². The number of carboxylic acid groups (broad SMARTS) is 1. The number of nitrogens with zero attached hydrogens (tertiary/aromatic N) is 2. The average molecular weight is 286 g/mol. The molecule has 7 heteroatoms. The number of ether oxygens (including phenoxy) is 1. The van der Waals surface area contributed by atoms with Gasteiger partial charge in [0, 0.05) is 32.7 Å². The number of aliphatic hydroxyl groups excluding tert-OH is 1. The lowest BCUT2D eigenvalue weighted by Gasteiger charge is -2.30. The maximum Gasteiger partial charge on any atom is 0.326 e. The molecule has 2 fully saturated rings. The first kappa shape index (κ1) is 15.1. The van der Waals surface area contributed by atoms with Crippen LogP contribution in [0.15, 0.2) is 0 Å². The predicted molar refractivity (Wildman–Crippen MR) is 70.4 cm³/mol. The molecule has 0 radical (unpaired) electrons. The van der Waals surface area contributed by atoms with Crippen LogP contribution in [0, 0.1) is 0 Å². The van der Waals surface area contributed by atoms with E-state index in [0.717, 1.165) is 19.4 Å². The number of likely N-dealkylation sites (tertiary alicyclic amines) is 1. The Kier molecular flexibility index (Phi) is 4.82. The van der Waals surface area contributed by atoms with Gasteiger partial charge in [0.15, 0.2) is 0 Å². The molecule has 20 heavy (non-hydrogen) atoms. The number of likely N-dealkylation sites (N-methyl/N-ethyl adjacent to an activating group) is 1. The summed E-state index contributed by atoms with van der Waals surface area (Å²) in [6, 6.07) is -1.26. The van der Waals surface area contributed by atoms with Crippen LogP contribution in [-0.2, 0) is 9.53 Å². The summed E-state index contributed by atoms with van der Waals surface area (Å²) in [4.78, 5) is 26.5. The van der Waals surface area contributed by atoms with Gasteiger partial charge in [0.2, 0.25) is 0 Å². The number of aliphatic carboxylic acids is 1. The molecule has 2 amide bonds. The van der Waals surface area contributed by atoms with Crippen molar-refractivity contribution in [2.24, 2.45) is 0 Å². The van der Waals surface area contributed by atoms with Crippen LogP contribution in [0.4, 0.5) is 4.79 Å². The van der Waals surface area contributed by atoms with E-state index in [0.29, 0.717) is 13.1 Å². The molecule has 0 aromatic rings. The molecule has 2 N–H and O–H groups in total. The highest BCUT2D eigenvalue weighted by atomic mass is 16.5. The second kappa shape index (κ2) is 6.41. The number of carboxylic acids is 1. The van der Waals surface area contributed by atoms with Crippen LogP contribution in [0.3, 0.4) is 0 Å². The summed E-state index contributed by atoms with van der Waals surface area (Å²) in [6.45, 7) is 3.63. The molecule has 2 saturated heterocycles. The van der Waals surface area contributed by atoms with Gasteiger partial charge in [-0.15, -0.1) is 0 Å². The lowest BCUT2D eigenvalue weighted by atomic mass is 10.2. The van der Waals surface area contributed by atoms with Crippen molar-refractivity contribution in [1.82, 2.24) is 9.80 Å². The molecule has 3 atom stereocenters. The van der Waals surface area contributed by atoms with Gasteiger partial charge in [-0.1, -0.05) is 0 Å². The molecule has 0 bridgehead atoms. The van der Waals surface area contributed by atoms with Crippen molar-refractivity contribution in [3.63, 3.8) is 0 Å². The highest BCUT2D eigenvalue weighted by molar-refractivity contribution is 5.83. The zero-order chi connectivity index (χ0) is 14.7. The van der Waals surface area contributed by atoms with Crippen LogP contribution in [0.2, 0.25) is 0 Å². The minimum absolute atomic E-state index is 0.0368. The van der Waals surface area contributed by atoms with Crippen LogP contribution >= 0.6 is 0 Å². The van der Waals surface area contributed by atoms with E-state index in [2.05, 4.69) is 0 Å². The third kappa shape index (κ3) is 3.21. The molecule has 7 nitrogen and oxygen atoms in total. The summed E-state index contributed by atoms with van der Waals surface area (Å²) in [5, 5.41) is 18.7. The number of carbonyl (C=O) groups is 2. The lowest BCUT2D eigenvalue weighted by Crippen LogP contribution is -2.50. The number of amides is 2. The molecule has 0 aromatic heterocycles. The summed E-state index contributed by atoms with van der Waals surface area (Å²) in [5.41, 5.74) is 0. The van der Waals surface area contributed by atoms with E-state index in [1.54, 1.807) is 4.90 Å². The molecule has 2 aliphatic heterocycles. The molecule has 2 aliphatic rings. The highest BCUT2D eigenvalue weighted by Gasteiger charge is 2.40. The SMILES string of the molecule is CCN(CC1CCCO1)C(=O)N1C[C@H](O)C[C@H]1C(=O)O. The number of carbonyl (C=O) groups excluding carboxylic acids is 1. The first-order valence-electron chi connectivity index (χ1n) is 7.11. The van der Waals surface area contributed by atoms with Crippen LogP contribution in [-0.4, -0.2) is 76.5 Å². The highest BCUT2D eigenvalue weighted by Crippen LogP contribution is 2.21. The Labute approximate surface area is 118 Å². The first-order valence-corrected chi connectivity index (χ1v) is 7.11. The number of hydrogen-bond donors (Lipinski definition) is 2. The quantitative estimate of drug-likeness (QED) is 0.766. The van der Waals surface area contributed by atoms with E-state index in [9.17, 15) is 14.7 Å². The van der Waals surface area contributed by atoms with Gasteiger partial charge in [0.25, 0.3) is 0 Å². The van der Waals surface area contributed by atoms with Gasteiger partial charge in [-0.2, -0.15) is 0 Å². The average Bonchev–Trinajstić information content (AvgIpc) is 3.04. The van der Waals surface area contributed by atoms with Crippen molar-refractivity contribution in [2.75, 3.05) is 26.2 Å². The van der Waals surface area contributed by atoms with Crippen molar-refractivity contribution < 1.29 is 24.5 Å². The maximum absolute atomic E-state index is 12.4. The Morgan fingerprint density at radius 1 is 1.45 bits per heavy atom. The number of urea groups is 1. The third-order valence-corrected chi connectivity index (χ3v) is 3.91.